The molecule has 0 radical (unpaired) electrons. The zero-order valence-electron chi connectivity index (χ0n) is 11.1. The highest BCUT2D eigenvalue weighted by Crippen LogP contribution is 2.30. The quantitative estimate of drug-likeness (QED) is 0.913. The summed E-state index contributed by atoms with van der Waals surface area (Å²) in [5, 5.41) is 4.02. The molecular formula is C14H18N4O. The summed E-state index contributed by atoms with van der Waals surface area (Å²) in [6.07, 6.45) is 6.85. The van der Waals surface area contributed by atoms with E-state index >= 15 is 0 Å². The Labute approximate surface area is 112 Å². The number of nitrogens with two attached hydrogens (primary N) is 1. The first-order valence-corrected chi connectivity index (χ1v) is 6.70. The molecule has 3 rings (SSSR count). The lowest BCUT2D eigenvalue weighted by Crippen LogP contribution is -2.38. The number of rotatable bonds is 3. The van der Waals surface area contributed by atoms with E-state index in [1.807, 2.05) is 19.1 Å². The van der Waals surface area contributed by atoms with Gasteiger partial charge in [-0.2, -0.15) is 4.98 Å². The largest absolute Gasteiger partial charge is 0.339 e. The summed E-state index contributed by atoms with van der Waals surface area (Å²) in [6.45, 7) is 1.99. The normalized spacial score (nSPS) is 17.8. The third-order valence-corrected chi connectivity index (χ3v) is 3.79. The van der Waals surface area contributed by atoms with E-state index in [9.17, 15) is 0 Å². The number of hydrogen-bond donors (Lipinski definition) is 1. The van der Waals surface area contributed by atoms with Gasteiger partial charge in [0, 0.05) is 18.2 Å². The molecule has 0 atom stereocenters. The van der Waals surface area contributed by atoms with Crippen molar-refractivity contribution in [1.82, 2.24) is 15.1 Å². The summed E-state index contributed by atoms with van der Waals surface area (Å²) >= 11 is 0. The molecule has 0 amide bonds. The van der Waals surface area contributed by atoms with E-state index < -0.39 is 0 Å². The van der Waals surface area contributed by atoms with Crippen LogP contribution < -0.4 is 5.73 Å². The Kier molecular flexibility index (Phi) is 3.06. The maximum absolute atomic E-state index is 6.33. The van der Waals surface area contributed by atoms with E-state index in [0.29, 0.717) is 18.1 Å². The second-order valence-electron chi connectivity index (χ2n) is 5.43. The van der Waals surface area contributed by atoms with Gasteiger partial charge in [0.15, 0.2) is 0 Å². The molecule has 5 nitrogen and oxygen atoms in total. The number of nitrogens with zero attached hydrogens (tertiary/aromatic N) is 3. The maximum Gasteiger partial charge on any atom is 0.228 e. The van der Waals surface area contributed by atoms with E-state index in [1.165, 1.54) is 12.8 Å². The Balaban J connectivity index is 1.82. The molecule has 5 heteroatoms. The molecule has 2 N–H and O–H groups in total. The lowest BCUT2D eigenvalue weighted by molar-refractivity contribution is 0.329. The maximum atomic E-state index is 6.33. The molecule has 0 spiro atoms. The lowest BCUT2D eigenvalue weighted by atomic mass is 9.95. The van der Waals surface area contributed by atoms with Gasteiger partial charge in [-0.25, -0.2) is 0 Å². The van der Waals surface area contributed by atoms with Gasteiger partial charge in [-0.05, 0) is 31.4 Å². The lowest BCUT2D eigenvalue weighted by Gasteiger charge is -2.20. The van der Waals surface area contributed by atoms with Crippen molar-refractivity contribution in [2.24, 2.45) is 5.73 Å². The van der Waals surface area contributed by atoms with Gasteiger partial charge in [-0.3, -0.25) is 4.98 Å². The minimum absolute atomic E-state index is 0.164. The van der Waals surface area contributed by atoms with Crippen molar-refractivity contribution in [2.75, 3.05) is 0 Å². The molecule has 0 saturated heterocycles. The molecule has 0 bridgehead atoms. The second-order valence-corrected chi connectivity index (χ2v) is 5.43. The van der Waals surface area contributed by atoms with Gasteiger partial charge in [0.25, 0.3) is 0 Å². The first kappa shape index (κ1) is 12.3. The van der Waals surface area contributed by atoms with Crippen molar-refractivity contribution in [3.05, 3.63) is 29.8 Å². The summed E-state index contributed by atoms with van der Waals surface area (Å²) in [5.74, 6) is 1.17. The Morgan fingerprint density at radius 3 is 2.89 bits per heavy atom. The Morgan fingerprint density at radius 2 is 2.16 bits per heavy atom. The van der Waals surface area contributed by atoms with Crippen LogP contribution in [0.4, 0.5) is 0 Å². The number of hydrogen-bond acceptors (Lipinski definition) is 5. The first-order chi connectivity index (χ1) is 9.16. The highest BCUT2D eigenvalue weighted by atomic mass is 16.5. The van der Waals surface area contributed by atoms with Gasteiger partial charge in [-0.1, -0.05) is 24.1 Å². The predicted molar refractivity (Wildman–Crippen MR) is 71.4 cm³/mol. The van der Waals surface area contributed by atoms with Crippen LogP contribution in [0.2, 0.25) is 0 Å². The third kappa shape index (κ3) is 2.51. The van der Waals surface area contributed by atoms with Crippen molar-refractivity contribution >= 4 is 0 Å². The van der Waals surface area contributed by atoms with Crippen LogP contribution in [0, 0.1) is 6.92 Å². The highest BCUT2D eigenvalue weighted by Gasteiger charge is 2.31. The zero-order chi connectivity index (χ0) is 13.3. The van der Waals surface area contributed by atoms with Crippen molar-refractivity contribution in [1.29, 1.82) is 0 Å². The van der Waals surface area contributed by atoms with Crippen LogP contribution in [-0.2, 0) is 6.42 Å². The molecule has 100 valence electrons. The van der Waals surface area contributed by atoms with Gasteiger partial charge in [0.2, 0.25) is 11.7 Å². The fraction of sp³-hybridized carbons (Fsp3) is 0.500. The SMILES string of the molecule is Cc1cccnc1-c1noc(CC2(N)CCCC2)n1. The van der Waals surface area contributed by atoms with Crippen LogP contribution in [0.1, 0.15) is 37.1 Å². The predicted octanol–water partition coefficient (Wildman–Crippen LogP) is 2.25. The van der Waals surface area contributed by atoms with Crippen molar-refractivity contribution in [3.8, 4) is 11.5 Å². The Hall–Kier alpha value is -1.75. The van der Waals surface area contributed by atoms with Crippen LogP contribution in [0.3, 0.4) is 0 Å². The third-order valence-electron chi connectivity index (χ3n) is 3.79. The van der Waals surface area contributed by atoms with E-state index in [-0.39, 0.29) is 5.54 Å². The van der Waals surface area contributed by atoms with Crippen LogP contribution in [0.15, 0.2) is 22.9 Å². The van der Waals surface area contributed by atoms with Crippen LogP contribution in [0.25, 0.3) is 11.5 Å². The summed E-state index contributed by atoms with van der Waals surface area (Å²) < 4.78 is 5.32. The van der Waals surface area contributed by atoms with Crippen molar-refractivity contribution in [3.63, 3.8) is 0 Å². The summed E-state index contributed by atoms with van der Waals surface area (Å²) in [4.78, 5) is 8.72. The van der Waals surface area contributed by atoms with E-state index in [2.05, 4.69) is 15.1 Å². The molecular weight excluding hydrogens is 240 g/mol. The Bertz CT molecular complexity index is 572. The molecule has 2 heterocycles. The van der Waals surface area contributed by atoms with Gasteiger partial charge < -0.3 is 10.3 Å². The van der Waals surface area contributed by atoms with Crippen molar-refractivity contribution < 1.29 is 4.52 Å². The number of aryl methyl sites for hydroxylation is 1. The smallest absolute Gasteiger partial charge is 0.228 e. The fourth-order valence-electron chi connectivity index (χ4n) is 2.70. The average molecular weight is 258 g/mol. The van der Waals surface area contributed by atoms with Crippen LogP contribution in [-0.4, -0.2) is 20.7 Å². The second kappa shape index (κ2) is 4.74. The molecule has 1 aliphatic carbocycles. The molecule has 0 unspecified atom stereocenters. The van der Waals surface area contributed by atoms with Crippen molar-refractivity contribution in [2.45, 2.75) is 44.6 Å². The minimum Gasteiger partial charge on any atom is -0.339 e. The zero-order valence-corrected chi connectivity index (χ0v) is 11.1. The number of pyridine rings is 1. The molecule has 0 aromatic carbocycles. The van der Waals surface area contributed by atoms with Gasteiger partial charge in [0.1, 0.15) is 5.69 Å². The van der Waals surface area contributed by atoms with Gasteiger partial charge in [-0.15, -0.1) is 0 Å². The van der Waals surface area contributed by atoms with E-state index in [0.717, 1.165) is 24.1 Å². The Morgan fingerprint density at radius 1 is 1.37 bits per heavy atom. The van der Waals surface area contributed by atoms with Crippen LogP contribution >= 0.6 is 0 Å². The average Bonchev–Trinajstić information content (AvgIpc) is 3.00. The summed E-state index contributed by atoms with van der Waals surface area (Å²) in [5.41, 5.74) is 7.97. The summed E-state index contributed by atoms with van der Waals surface area (Å²) in [7, 11) is 0. The molecule has 0 aliphatic heterocycles. The fourth-order valence-corrected chi connectivity index (χ4v) is 2.70. The van der Waals surface area contributed by atoms with Gasteiger partial charge >= 0.3 is 0 Å². The monoisotopic (exact) mass is 258 g/mol. The molecule has 19 heavy (non-hydrogen) atoms. The first-order valence-electron chi connectivity index (χ1n) is 6.70. The molecule has 2 aromatic rings. The van der Waals surface area contributed by atoms with E-state index in [4.69, 9.17) is 10.3 Å². The highest BCUT2D eigenvalue weighted by molar-refractivity contribution is 5.53. The minimum atomic E-state index is -0.164. The topological polar surface area (TPSA) is 77.8 Å². The summed E-state index contributed by atoms with van der Waals surface area (Å²) in [6, 6.07) is 3.88. The van der Waals surface area contributed by atoms with E-state index in [1.54, 1.807) is 6.20 Å². The molecule has 1 aliphatic rings. The standard InChI is InChI=1S/C14H18N4O/c1-10-5-4-8-16-12(10)13-17-11(19-18-13)9-14(15)6-2-3-7-14/h4-5,8H,2-3,6-7,9,15H2,1H3. The van der Waals surface area contributed by atoms with Gasteiger partial charge in [0.05, 0.1) is 0 Å². The molecule has 2 aromatic heterocycles. The number of aromatic nitrogens is 3. The molecule has 1 saturated carbocycles. The van der Waals surface area contributed by atoms with Crippen LogP contribution in [0.5, 0.6) is 0 Å². The molecule has 1 fully saturated rings.